The van der Waals surface area contributed by atoms with Crippen LogP contribution in [0.25, 0.3) is 0 Å². The molecule has 4 nitrogen and oxygen atoms in total. The molecule has 34 heavy (non-hydrogen) atoms. The number of rotatable bonds is 1. The summed E-state index contributed by atoms with van der Waals surface area (Å²) < 4.78 is 0. The van der Waals surface area contributed by atoms with Crippen molar-refractivity contribution in [2.24, 2.45) is 50.2 Å². The lowest BCUT2D eigenvalue weighted by Crippen LogP contribution is -2.66. The number of hydrogen-bond donors (Lipinski definition) is 2. The summed E-state index contributed by atoms with van der Waals surface area (Å²) in [6, 6.07) is 0. The third-order valence-corrected chi connectivity index (χ3v) is 13.0. The zero-order chi connectivity index (χ0) is 25.1. The van der Waals surface area contributed by atoms with Crippen molar-refractivity contribution in [3.8, 4) is 0 Å². The van der Waals surface area contributed by atoms with Crippen molar-refractivity contribution in [1.29, 1.82) is 0 Å². The third-order valence-electron chi connectivity index (χ3n) is 13.0. The van der Waals surface area contributed by atoms with E-state index in [1.54, 1.807) is 0 Å². The zero-order valence-electron chi connectivity index (χ0n) is 22.5. The molecule has 2 unspecified atom stereocenters. The fraction of sp³-hybridized carbons (Fsp3) is 0.867. The summed E-state index contributed by atoms with van der Waals surface area (Å²) in [7, 11) is 0. The van der Waals surface area contributed by atoms with E-state index in [-0.39, 0.29) is 40.3 Å². The quantitative estimate of drug-likeness (QED) is 0.392. The van der Waals surface area contributed by atoms with Gasteiger partial charge in [-0.2, -0.15) is 0 Å². The van der Waals surface area contributed by atoms with Crippen LogP contribution in [0.15, 0.2) is 11.6 Å². The van der Waals surface area contributed by atoms with Crippen molar-refractivity contribution < 1.29 is 19.8 Å². The first-order valence-corrected chi connectivity index (χ1v) is 13.7. The van der Waals surface area contributed by atoms with Crippen molar-refractivity contribution in [3.63, 3.8) is 0 Å². The number of ketones is 2. The molecule has 9 atom stereocenters. The molecular weight excluding hydrogens is 424 g/mol. The van der Waals surface area contributed by atoms with E-state index in [0.717, 1.165) is 51.4 Å². The third kappa shape index (κ3) is 2.68. The van der Waals surface area contributed by atoms with Crippen LogP contribution in [0.1, 0.15) is 99.8 Å². The second kappa shape index (κ2) is 7.06. The van der Waals surface area contributed by atoms with Gasteiger partial charge in [0.1, 0.15) is 0 Å². The maximum absolute atomic E-state index is 13.4. The van der Waals surface area contributed by atoms with Crippen LogP contribution in [-0.2, 0) is 9.59 Å². The molecule has 0 heterocycles. The first-order valence-electron chi connectivity index (χ1n) is 13.7. The minimum atomic E-state index is -0.593. The molecule has 2 N–H and O–H groups in total. The smallest absolute Gasteiger partial charge is 0.205 e. The lowest BCUT2D eigenvalue weighted by molar-refractivity contribution is -0.214. The highest BCUT2D eigenvalue weighted by atomic mass is 16.3. The molecule has 4 saturated carbocycles. The molecular formula is C30H46O4. The molecule has 0 spiro atoms. The van der Waals surface area contributed by atoms with Gasteiger partial charge in [-0.15, -0.1) is 0 Å². The second-order valence-corrected chi connectivity index (χ2v) is 14.7. The van der Waals surface area contributed by atoms with E-state index in [4.69, 9.17) is 0 Å². The van der Waals surface area contributed by atoms with Gasteiger partial charge in [0, 0.05) is 16.2 Å². The Hall–Kier alpha value is -1.00. The minimum absolute atomic E-state index is 0.0104. The molecule has 4 fully saturated rings. The molecule has 0 aromatic heterocycles. The Labute approximate surface area is 206 Å². The van der Waals surface area contributed by atoms with Gasteiger partial charge in [-0.3, -0.25) is 9.59 Å². The van der Waals surface area contributed by atoms with E-state index < -0.39 is 22.3 Å². The molecule has 0 aromatic rings. The number of carbonyl (C=O) groups excluding carboxylic acids is 2. The fourth-order valence-corrected chi connectivity index (χ4v) is 10.3. The lowest BCUT2D eigenvalue weighted by atomic mass is 9.33. The summed E-state index contributed by atoms with van der Waals surface area (Å²) in [5, 5.41) is 21.3. The van der Waals surface area contributed by atoms with Gasteiger partial charge in [0.05, 0.1) is 12.7 Å². The average molecular weight is 471 g/mol. The molecule has 0 aromatic carbocycles. The van der Waals surface area contributed by atoms with Crippen molar-refractivity contribution in [2.45, 2.75) is 106 Å². The number of Topliss-reactive ketones (excluding diaryl/α,β-unsaturated/α-hetero) is 2. The van der Waals surface area contributed by atoms with E-state index in [0.29, 0.717) is 11.8 Å². The van der Waals surface area contributed by atoms with Crippen molar-refractivity contribution >= 4 is 11.6 Å². The van der Waals surface area contributed by atoms with E-state index in [1.807, 2.05) is 13.8 Å². The highest BCUT2D eigenvalue weighted by molar-refractivity contribution is 6.41. The number of fused-ring (bicyclic) bond motifs is 7. The Morgan fingerprint density at radius 1 is 0.882 bits per heavy atom. The number of aliphatic hydroxyl groups is 2. The molecule has 5 aliphatic rings. The predicted octanol–water partition coefficient (Wildman–Crippen LogP) is 5.50. The summed E-state index contributed by atoms with van der Waals surface area (Å²) in [5.74, 6) is 0.633. The summed E-state index contributed by atoms with van der Waals surface area (Å²) in [6.07, 6.45) is 9.47. The average Bonchev–Trinajstić information content (AvgIpc) is 2.77. The molecule has 5 aliphatic carbocycles. The number of carbonyl (C=O) groups is 2. The van der Waals surface area contributed by atoms with Crippen LogP contribution in [0.5, 0.6) is 0 Å². The largest absolute Gasteiger partial charge is 0.396 e. The van der Waals surface area contributed by atoms with Crippen molar-refractivity contribution in [1.82, 2.24) is 0 Å². The van der Waals surface area contributed by atoms with Gasteiger partial charge in [0.2, 0.25) is 11.6 Å². The Balaban J connectivity index is 1.60. The molecule has 5 rings (SSSR count). The van der Waals surface area contributed by atoms with Gasteiger partial charge in [-0.1, -0.05) is 60.1 Å². The van der Waals surface area contributed by atoms with Crippen LogP contribution >= 0.6 is 0 Å². The molecule has 0 radical (unpaired) electrons. The first kappa shape index (κ1) is 24.7. The van der Waals surface area contributed by atoms with Crippen LogP contribution in [0, 0.1) is 50.2 Å². The van der Waals surface area contributed by atoms with Crippen LogP contribution in [0.4, 0.5) is 0 Å². The first-order chi connectivity index (χ1) is 15.6. The maximum atomic E-state index is 13.4. The molecule has 4 heteroatoms. The van der Waals surface area contributed by atoms with Crippen molar-refractivity contribution in [3.05, 3.63) is 11.6 Å². The van der Waals surface area contributed by atoms with E-state index in [9.17, 15) is 19.8 Å². The summed E-state index contributed by atoms with van der Waals surface area (Å²) in [6.45, 7) is 15.6. The zero-order valence-corrected chi connectivity index (χ0v) is 22.5. The Bertz CT molecular complexity index is 965. The highest BCUT2D eigenvalue weighted by Crippen LogP contribution is 2.75. The fourth-order valence-electron chi connectivity index (χ4n) is 10.3. The Kier molecular flexibility index (Phi) is 5.13. The standard InChI is InChI=1S/C30H46O4/c1-25(2)16-19-18-8-9-21-27(4)12-11-22(32)28(5,17-31)20(27)10-13-30(21,7)29(18,6)15-14-26(19,3)24(34)23(25)33/h8,19-22,31-32H,9-17H2,1-7H3/t19-,20?,21?,22-,26+,27-,28+,29+,30+/m0/s1. The summed E-state index contributed by atoms with van der Waals surface area (Å²) in [4.78, 5) is 26.3. The van der Waals surface area contributed by atoms with E-state index in [2.05, 4.69) is 40.7 Å². The number of aliphatic hydroxyl groups excluding tert-OH is 2. The SMILES string of the molecule is CC1(C)C[C@H]2C3=CCC4[C@@]5(C)CC[C@H](O)[C@](C)(CO)C5CC[C@@]4(C)[C@]3(C)CC[C@@]2(C)C(=O)C1=O. The number of allylic oxidation sites excluding steroid dienone is 2. The van der Waals surface area contributed by atoms with Crippen LogP contribution in [-0.4, -0.2) is 34.5 Å². The summed E-state index contributed by atoms with van der Waals surface area (Å²) >= 11 is 0. The van der Waals surface area contributed by atoms with Crippen LogP contribution in [0.2, 0.25) is 0 Å². The molecule has 0 bridgehead atoms. The van der Waals surface area contributed by atoms with E-state index in [1.165, 1.54) is 5.57 Å². The van der Waals surface area contributed by atoms with Crippen molar-refractivity contribution in [2.75, 3.05) is 6.61 Å². The molecule has 0 aliphatic heterocycles. The molecule has 190 valence electrons. The lowest BCUT2D eigenvalue weighted by Gasteiger charge is -2.71. The van der Waals surface area contributed by atoms with Gasteiger partial charge in [-0.05, 0) is 85.4 Å². The van der Waals surface area contributed by atoms with Gasteiger partial charge < -0.3 is 10.2 Å². The van der Waals surface area contributed by atoms with E-state index >= 15 is 0 Å². The normalized spacial score (nSPS) is 54.3. The van der Waals surface area contributed by atoms with Gasteiger partial charge in [0.25, 0.3) is 0 Å². The Morgan fingerprint density at radius 2 is 1.56 bits per heavy atom. The second-order valence-electron chi connectivity index (χ2n) is 14.7. The van der Waals surface area contributed by atoms with Gasteiger partial charge in [-0.25, -0.2) is 0 Å². The Morgan fingerprint density at radius 3 is 2.21 bits per heavy atom. The molecule has 0 amide bonds. The topological polar surface area (TPSA) is 74.6 Å². The maximum Gasteiger partial charge on any atom is 0.205 e. The monoisotopic (exact) mass is 470 g/mol. The van der Waals surface area contributed by atoms with Gasteiger partial charge in [0.15, 0.2) is 0 Å². The highest BCUT2D eigenvalue weighted by Gasteiger charge is 2.69. The summed E-state index contributed by atoms with van der Waals surface area (Å²) in [5.41, 5.74) is 0.0545. The van der Waals surface area contributed by atoms with Gasteiger partial charge >= 0.3 is 0 Å². The minimum Gasteiger partial charge on any atom is -0.396 e. The van der Waals surface area contributed by atoms with Crippen LogP contribution < -0.4 is 0 Å². The molecule has 0 saturated heterocycles. The number of hydrogen-bond acceptors (Lipinski definition) is 4. The van der Waals surface area contributed by atoms with Crippen LogP contribution in [0.3, 0.4) is 0 Å². The predicted molar refractivity (Wildman–Crippen MR) is 133 cm³/mol.